The van der Waals surface area contributed by atoms with Gasteiger partial charge in [0.2, 0.25) is 0 Å². The Balaban J connectivity index is 1.99. The van der Waals surface area contributed by atoms with Crippen LogP contribution in [0.15, 0.2) is 42.5 Å². The molecule has 1 unspecified atom stereocenters. The molecule has 0 bridgehead atoms. The first-order valence-corrected chi connectivity index (χ1v) is 7.49. The summed E-state index contributed by atoms with van der Waals surface area (Å²) in [6, 6.07) is 15.7. The van der Waals surface area contributed by atoms with E-state index in [1.54, 1.807) is 0 Å². The van der Waals surface area contributed by atoms with Crippen LogP contribution in [0.3, 0.4) is 0 Å². The van der Waals surface area contributed by atoms with Gasteiger partial charge in [0.05, 0.1) is 0 Å². The van der Waals surface area contributed by atoms with Crippen LogP contribution in [-0.4, -0.2) is 6.54 Å². The minimum Gasteiger partial charge on any atom is -0.330 e. The third kappa shape index (κ3) is 2.27. The molecule has 1 atom stereocenters. The number of nitrogens with two attached hydrogens (primary N) is 1. The van der Waals surface area contributed by atoms with Gasteiger partial charge < -0.3 is 5.73 Å². The lowest BCUT2D eigenvalue weighted by atomic mass is 9.76. The molecule has 20 heavy (non-hydrogen) atoms. The van der Waals surface area contributed by atoms with Crippen LogP contribution in [0.25, 0.3) is 0 Å². The summed E-state index contributed by atoms with van der Waals surface area (Å²) in [7, 11) is 0. The predicted octanol–water partition coefficient (Wildman–Crippen LogP) is 3.69. The van der Waals surface area contributed by atoms with Gasteiger partial charge in [0.25, 0.3) is 0 Å². The molecule has 0 aromatic heterocycles. The lowest BCUT2D eigenvalue weighted by molar-refractivity contribution is 0.431. The van der Waals surface area contributed by atoms with Crippen molar-refractivity contribution in [3.8, 4) is 0 Å². The Morgan fingerprint density at radius 3 is 2.45 bits per heavy atom. The monoisotopic (exact) mass is 265 g/mol. The van der Waals surface area contributed by atoms with E-state index in [0.717, 1.165) is 19.4 Å². The number of hydrogen-bond donors (Lipinski definition) is 1. The first-order valence-electron chi connectivity index (χ1n) is 7.49. The van der Waals surface area contributed by atoms with Crippen LogP contribution in [0.4, 0.5) is 0 Å². The smallest absolute Gasteiger partial charge is 0.0122 e. The van der Waals surface area contributed by atoms with E-state index in [4.69, 9.17) is 5.73 Å². The third-order valence-corrected chi connectivity index (χ3v) is 4.68. The quantitative estimate of drug-likeness (QED) is 0.900. The van der Waals surface area contributed by atoms with Crippen LogP contribution in [0.2, 0.25) is 0 Å². The van der Waals surface area contributed by atoms with Gasteiger partial charge in [0.1, 0.15) is 0 Å². The van der Waals surface area contributed by atoms with E-state index in [1.165, 1.54) is 34.2 Å². The summed E-state index contributed by atoms with van der Waals surface area (Å²) in [5.41, 5.74) is 13.4. The molecular weight excluding hydrogens is 242 g/mol. The fourth-order valence-electron chi connectivity index (χ4n) is 3.79. The van der Waals surface area contributed by atoms with Gasteiger partial charge in [-0.05, 0) is 49.8 Å². The first-order chi connectivity index (χ1) is 9.63. The molecule has 0 heterocycles. The summed E-state index contributed by atoms with van der Waals surface area (Å²) in [4.78, 5) is 0. The Morgan fingerprint density at radius 1 is 1.05 bits per heavy atom. The van der Waals surface area contributed by atoms with E-state index < -0.39 is 0 Å². The van der Waals surface area contributed by atoms with E-state index in [9.17, 15) is 0 Å². The average molecular weight is 265 g/mol. The van der Waals surface area contributed by atoms with Crippen LogP contribution in [0, 0.1) is 13.8 Å². The Bertz CT molecular complexity index is 609. The molecule has 3 rings (SSSR count). The first kappa shape index (κ1) is 13.4. The van der Waals surface area contributed by atoms with Crippen molar-refractivity contribution in [2.75, 3.05) is 6.54 Å². The summed E-state index contributed by atoms with van der Waals surface area (Å²) < 4.78 is 0. The van der Waals surface area contributed by atoms with E-state index in [-0.39, 0.29) is 5.41 Å². The van der Waals surface area contributed by atoms with Gasteiger partial charge in [-0.1, -0.05) is 53.6 Å². The fraction of sp³-hybridized carbons (Fsp3) is 0.368. The highest BCUT2D eigenvalue weighted by molar-refractivity contribution is 5.42. The Morgan fingerprint density at radius 2 is 1.75 bits per heavy atom. The molecule has 0 fully saturated rings. The number of rotatable bonds is 3. The maximum Gasteiger partial charge on any atom is 0.0122 e. The lowest BCUT2D eigenvalue weighted by Crippen LogP contribution is -2.35. The zero-order chi connectivity index (χ0) is 14.2. The zero-order valence-corrected chi connectivity index (χ0v) is 12.4. The van der Waals surface area contributed by atoms with Crippen molar-refractivity contribution in [2.45, 2.75) is 38.5 Å². The summed E-state index contributed by atoms with van der Waals surface area (Å²) >= 11 is 0. The number of benzene rings is 2. The Hall–Kier alpha value is -1.60. The Labute approximate surface area is 121 Å². The predicted molar refractivity (Wildman–Crippen MR) is 85.1 cm³/mol. The summed E-state index contributed by atoms with van der Waals surface area (Å²) in [5.74, 6) is 0. The maximum atomic E-state index is 6.21. The van der Waals surface area contributed by atoms with Gasteiger partial charge in [-0.25, -0.2) is 0 Å². The van der Waals surface area contributed by atoms with Crippen LogP contribution in [-0.2, 0) is 18.3 Å². The highest BCUT2D eigenvalue weighted by Gasteiger charge is 2.37. The molecule has 1 aliphatic rings. The van der Waals surface area contributed by atoms with Crippen molar-refractivity contribution in [3.05, 3.63) is 70.3 Å². The van der Waals surface area contributed by atoms with Crippen LogP contribution >= 0.6 is 0 Å². The normalized spacial score (nSPS) is 20.9. The summed E-state index contributed by atoms with van der Waals surface area (Å²) in [5, 5.41) is 0. The second kappa shape index (κ2) is 5.06. The highest BCUT2D eigenvalue weighted by Crippen LogP contribution is 2.40. The van der Waals surface area contributed by atoms with Gasteiger partial charge >= 0.3 is 0 Å². The molecule has 0 spiro atoms. The van der Waals surface area contributed by atoms with Crippen molar-refractivity contribution in [2.24, 2.45) is 5.73 Å². The fourth-order valence-corrected chi connectivity index (χ4v) is 3.79. The molecule has 2 aromatic rings. The van der Waals surface area contributed by atoms with Gasteiger partial charge in [-0.15, -0.1) is 0 Å². The zero-order valence-electron chi connectivity index (χ0n) is 12.4. The minimum absolute atomic E-state index is 0.136. The van der Waals surface area contributed by atoms with Crippen LogP contribution < -0.4 is 5.73 Å². The van der Waals surface area contributed by atoms with Crippen molar-refractivity contribution < 1.29 is 0 Å². The second-order valence-corrected chi connectivity index (χ2v) is 6.31. The van der Waals surface area contributed by atoms with Gasteiger partial charge in [-0.3, -0.25) is 0 Å². The molecule has 1 aliphatic carbocycles. The van der Waals surface area contributed by atoms with E-state index in [2.05, 4.69) is 56.3 Å². The second-order valence-electron chi connectivity index (χ2n) is 6.31. The largest absolute Gasteiger partial charge is 0.330 e. The van der Waals surface area contributed by atoms with E-state index in [1.807, 2.05) is 0 Å². The minimum atomic E-state index is 0.136. The van der Waals surface area contributed by atoms with Gasteiger partial charge in [-0.2, -0.15) is 0 Å². The molecule has 0 amide bonds. The highest BCUT2D eigenvalue weighted by atomic mass is 14.6. The lowest BCUT2D eigenvalue weighted by Gasteiger charge is -2.29. The third-order valence-electron chi connectivity index (χ3n) is 4.68. The van der Waals surface area contributed by atoms with Crippen molar-refractivity contribution in [1.82, 2.24) is 0 Å². The average Bonchev–Trinajstić information content (AvgIpc) is 2.78. The summed E-state index contributed by atoms with van der Waals surface area (Å²) in [6.45, 7) is 5.08. The topological polar surface area (TPSA) is 26.0 Å². The van der Waals surface area contributed by atoms with Crippen LogP contribution in [0.5, 0.6) is 0 Å². The molecule has 1 heteroatoms. The van der Waals surface area contributed by atoms with Crippen molar-refractivity contribution in [1.29, 1.82) is 0 Å². The molecule has 0 saturated heterocycles. The number of hydrogen-bond acceptors (Lipinski definition) is 1. The molecule has 104 valence electrons. The summed E-state index contributed by atoms with van der Waals surface area (Å²) in [6.07, 6.45) is 3.40. The van der Waals surface area contributed by atoms with Crippen LogP contribution in [0.1, 0.15) is 34.2 Å². The van der Waals surface area contributed by atoms with E-state index >= 15 is 0 Å². The molecule has 1 nitrogen and oxygen atoms in total. The molecular formula is C19H23N. The maximum absolute atomic E-state index is 6.21. The van der Waals surface area contributed by atoms with Crippen molar-refractivity contribution >= 4 is 0 Å². The number of aryl methyl sites for hydroxylation is 3. The van der Waals surface area contributed by atoms with Gasteiger partial charge in [0, 0.05) is 12.0 Å². The molecule has 2 N–H and O–H groups in total. The molecule has 0 radical (unpaired) electrons. The van der Waals surface area contributed by atoms with E-state index in [0.29, 0.717) is 0 Å². The number of fused-ring (bicyclic) bond motifs is 1. The standard InChI is InChI=1S/C19H23N/c1-14-9-15(2)11-16(10-14)12-19(13-20)8-7-17-5-3-4-6-18(17)19/h3-6,9-11H,7-8,12-13,20H2,1-2H3. The SMILES string of the molecule is Cc1cc(C)cc(CC2(CN)CCc3ccccc32)c1. The molecule has 0 aliphatic heterocycles. The molecule has 0 saturated carbocycles. The Kier molecular flexibility index (Phi) is 3.39. The molecule has 2 aromatic carbocycles. The van der Waals surface area contributed by atoms with Crippen molar-refractivity contribution in [3.63, 3.8) is 0 Å². The van der Waals surface area contributed by atoms with Gasteiger partial charge in [0.15, 0.2) is 0 Å².